The van der Waals surface area contributed by atoms with Crippen LogP contribution in [0.5, 0.6) is 0 Å². The van der Waals surface area contributed by atoms with E-state index in [2.05, 4.69) is 15.0 Å². The van der Waals surface area contributed by atoms with Crippen molar-refractivity contribution in [2.45, 2.75) is 6.54 Å². The first kappa shape index (κ1) is 10.4. The maximum Gasteiger partial charge on any atom is 0.277 e. The summed E-state index contributed by atoms with van der Waals surface area (Å²) >= 11 is 6.81. The Kier molecular flexibility index (Phi) is 2.41. The first-order chi connectivity index (χ1) is 8.25. The van der Waals surface area contributed by atoms with Gasteiger partial charge < -0.3 is 4.98 Å². The maximum absolute atomic E-state index is 11.6. The fraction of sp³-hybridized carbons (Fsp3) is 0.100. The van der Waals surface area contributed by atoms with Crippen molar-refractivity contribution in [1.82, 2.24) is 19.5 Å². The SMILES string of the molecule is O=c1[nH]c(=S)n(Cc2cccs2)c2nc[nH]c12. The zero-order chi connectivity index (χ0) is 11.8. The van der Waals surface area contributed by atoms with E-state index in [0.29, 0.717) is 22.5 Å². The van der Waals surface area contributed by atoms with Gasteiger partial charge in [-0.1, -0.05) is 6.07 Å². The van der Waals surface area contributed by atoms with Crippen molar-refractivity contribution in [3.63, 3.8) is 0 Å². The Bertz CT molecular complexity index is 766. The van der Waals surface area contributed by atoms with Gasteiger partial charge in [-0.05, 0) is 23.7 Å². The summed E-state index contributed by atoms with van der Waals surface area (Å²) in [7, 11) is 0. The van der Waals surface area contributed by atoms with Crippen molar-refractivity contribution in [3.8, 4) is 0 Å². The molecule has 3 heterocycles. The van der Waals surface area contributed by atoms with Crippen molar-refractivity contribution < 1.29 is 0 Å². The van der Waals surface area contributed by atoms with E-state index in [4.69, 9.17) is 12.2 Å². The van der Waals surface area contributed by atoms with E-state index >= 15 is 0 Å². The normalized spacial score (nSPS) is 11.1. The molecule has 17 heavy (non-hydrogen) atoms. The Balaban J connectivity index is 2.25. The quantitative estimate of drug-likeness (QED) is 0.695. The van der Waals surface area contributed by atoms with Gasteiger partial charge in [0.15, 0.2) is 10.4 Å². The molecule has 0 spiro atoms. The number of imidazole rings is 1. The Morgan fingerprint density at radius 3 is 3.18 bits per heavy atom. The van der Waals surface area contributed by atoms with Gasteiger partial charge in [0, 0.05) is 4.88 Å². The first-order valence-corrected chi connectivity index (χ1v) is 6.23. The molecule has 3 aromatic rings. The van der Waals surface area contributed by atoms with Crippen LogP contribution in [0, 0.1) is 4.77 Å². The van der Waals surface area contributed by atoms with Crippen LogP contribution in [-0.2, 0) is 6.54 Å². The third kappa shape index (κ3) is 1.73. The predicted octanol–water partition coefficient (Wildman–Crippen LogP) is 1.89. The lowest BCUT2D eigenvalue weighted by Crippen LogP contribution is -2.14. The first-order valence-electron chi connectivity index (χ1n) is 4.94. The summed E-state index contributed by atoms with van der Waals surface area (Å²) in [5.74, 6) is 0. The molecule has 5 nitrogen and oxygen atoms in total. The van der Waals surface area contributed by atoms with E-state index < -0.39 is 0 Å². The second kappa shape index (κ2) is 3.94. The number of hydrogen-bond donors (Lipinski definition) is 2. The molecule has 0 bridgehead atoms. The molecule has 3 aromatic heterocycles. The average Bonchev–Trinajstić information content (AvgIpc) is 2.95. The van der Waals surface area contributed by atoms with Gasteiger partial charge in [-0.2, -0.15) is 0 Å². The highest BCUT2D eigenvalue weighted by Crippen LogP contribution is 2.13. The van der Waals surface area contributed by atoms with Gasteiger partial charge in [-0.25, -0.2) is 4.98 Å². The molecular formula is C10H8N4OS2. The highest BCUT2D eigenvalue weighted by atomic mass is 32.1. The Hall–Kier alpha value is -1.73. The van der Waals surface area contributed by atoms with Crippen molar-refractivity contribution in [3.05, 3.63) is 43.8 Å². The third-order valence-electron chi connectivity index (χ3n) is 2.46. The van der Waals surface area contributed by atoms with Crippen LogP contribution < -0.4 is 5.56 Å². The number of hydrogen-bond acceptors (Lipinski definition) is 4. The molecular weight excluding hydrogens is 256 g/mol. The number of H-pyrrole nitrogens is 2. The lowest BCUT2D eigenvalue weighted by molar-refractivity contribution is 0.784. The minimum Gasteiger partial charge on any atom is -0.339 e. The van der Waals surface area contributed by atoms with Gasteiger partial charge in [0.2, 0.25) is 0 Å². The van der Waals surface area contributed by atoms with Crippen molar-refractivity contribution in [2.24, 2.45) is 0 Å². The topological polar surface area (TPSA) is 66.5 Å². The van der Waals surface area contributed by atoms with Crippen LogP contribution in [0.2, 0.25) is 0 Å². The van der Waals surface area contributed by atoms with Crippen molar-refractivity contribution in [1.29, 1.82) is 0 Å². The molecule has 2 N–H and O–H groups in total. The highest BCUT2D eigenvalue weighted by molar-refractivity contribution is 7.71. The Morgan fingerprint density at radius 1 is 1.53 bits per heavy atom. The lowest BCUT2D eigenvalue weighted by Gasteiger charge is -2.05. The molecule has 0 amide bonds. The molecule has 0 radical (unpaired) electrons. The largest absolute Gasteiger partial charge is 0.339 e. The van der Waals surface area contributed by atoms with Crippen LogP contribution in [0.3, 0.4) is 0 Å². The summed E-state index contributed by atoms with van der Waals surface area (Å²) in [4.78, 5) is 22.4. The summed E-state index contributed by atoms with van der Waals surface area (Å²) in [6.07, 6.45) is 1.50. The van der Waals surface area contributed by atoms with Crippen molar-refractivity contribution >= 4 is 34.7 Å². The van der Waals surface area contributed by atoms with E-state index in [-0.39, 0.29) is 5.56 Å². The fourth-order valence-electron chi connectivity index (χ4n) is 1.69. The van der Waals surface area contributed by atoms with E-state index in [1.165, 1.54) is 6.33 Å². The minimum absolute atomic E-state index is 0.232. The van der Waals surface area contributed by atoms with Crippen LogP contribution in [0.15, 0.2) is 28.6 Å². The number of rotatable bonds is 2. The molecule has 0 saturated carbocycles. The average molecular weight is 264 g/mol. The third-order valence-corrected chi connectivity index (χ3v) is 3.65. The van der Waals surface area contributed by atoms with Gasteiger partial charge in [0.05, 0.1) is 12.9 Å². The molecule has 7 heteroatoms. The summed E-state index contributed by atoms with van der Waals surface area (Å²) < 4.78 is 2.21. The summed E-state index contributed by atoms with van der Waals surface area (Å²) in [5, 5.41) is 2.01. The van der Waals surface area contributed by atoms with E-state index in [0.717, 1.165) is 4.88 Å². The minimum atomic E-state index is -0.232. The zero-order valence-electron chi connectivity index (χ0n) is 8.64. The van der Waals surface area contributed by atoms with Crippen LogP contribution in [-0.4, -0.2) is 19.5 Å². The molecule has 0 atom stereocenters. The van der Waals surface area contributed by atoms with Gasteiger partial charge in [0.1, 0.15) is 5.52 Å². The van der Waals surface area contributed by atoms with Crippen molar-refractivity contribution in [2.75, 3.05) is 0 Å². The molecule has 0 aromatic carbocycles. The molecule has 0 unspecified atom stereocenters. The molecule has 0 aliphatic carbocycles. The molecule has 0 saturated heterocycles. The second-order valence-electron chi connectivity index (χ2n) is 3.53. The highest BCUT2D eigenvalue weighted by Gasteiger charge is 2.08. The monoisotopic (exact) mass is 264 g/mol. The van der Waals surface area contributed by atoms with Gasteiger partial charge in [0.25, 0.3) is 5.56 Å². The fourth-order valence-corrected chi connectivity index (χ4v) is 2.62. The number of aromatic amines is 2. The zero-order valence-corrected chi connectivity index (χ0v) is 10.3. The maximum atomic E-state index is 11.6. The molecule has 0 fully saturated rings. The summed E-state index contributed by atoms with van der Waals surface area (Å²) in [6, 6.07) is 4.01. The van der Waals surface area contributed by atoms with E-state index in [1.54, 1.807) is 11.3 Å². The smallest absolute Gasteiger partial charge is 0.277 e. The lowest BCUT2D eigenvalue weighted by atomic mass is 10.4. The number of nitrogens with zero attached hydrogens (tertiary/aromatic N) is 2. The van der Waals surface area contributed by atoms with Gasteiger partial charge >= 0.3 is 0 Å². The molecule has 86 valence electrons. The molecule has 0 aliphatic rings. The number of thiophene rings is 1. The van der Waals surface area contributed by atoms with Crippen LogP contribution in [0.1, 0.15) is 4.88 Å². The van der Waals surface area contributed by atoms with E-state index in [9.17, 15) is 4.79 Å². The number of fused-ring (bicyclic) bond motifs is 1. The standard InChI is InChI=1S/C10H8N4OS2/c15-9-7-8(12-5-11-7)14(10(16)13-9)4-6-2-1-3-17-6/h1-3,5H,4H2,(H,11,12)(H,13,15,16). The molecule has 3 rings (SSSR count). The summed E-state index contributed by atoms with van der Waals surface area (Å²) in [5.41, 5.74) is 0.812. The van der Waals surface area contributed by atoms with Crippen LogP contribution >= 0.6 is 23.6 Å². The number of aromatic nitrogens is 4. The second-order valence-corrected chi connectivity index (χ2v) is 4.94. The Labute approximate surface area is 105 Å². The van der Waals surface area contributed by atoms with Gasteiger partial charge in [-0.15, -0.1) is 11.3 Å². The van der Waals surface area contributed by atoms with E-state index in [1.807, 2.05) is 22.1 Å². The predicted molar refractivity (Wildman–Crippen MR) is 69.0 cm³/mol. The van der Waals surface area contributed by atoms with Gasteiger partial charge in [-0.3, -0.25) is 14.3 Å². The Morgan fingerprint density at radius 2 is 2.41 bits per heavy atom. The molecule has 0 aliphatic heterocycles. The van der Waals surface area contributed by atoms with Crippen LogP contribution in [0.25, 0.3) is 11.2 Å². The number of nitrogens with one attached hydrogen (secondary N) is 2. The summed E-state index contributed by atoms with van der Waals surface area (Å²) in [6.45, 7) is 0.620. The van der Waals surface area contributed by atoms with Crippen LogP contribution in [0.4, 0.5) is 0 Å².